The molecule has 1 aliphatic rings. The molecule has 0 spiro atoms. The summed E-state index contributed by atoms with van der Waals surface area (Å²) in [5.74, 6) is 0. The SMILES string of the molecule is CNC(c1cc2c(s1)CCCC2)c1cc(Cl)ccc1Cl. The predicted molar refractivity (Wildman–Crippen MR) is 88.3 cm³/mol. The van der Waals surface area contributed by atoms with E-state index in [4.69, 9.17) is 23.2 Å². The second-order valence-electron chi connectivity index (χ2n) is 5.19. The molecule has 0 bridgehead atoms. The first kappa shape index (κ1) is 14.4. The third kappa shape index (κ3) is 2.75. The van der Waals surface area contributed by atoms with Crippen molar-refractivity contribution in [2.24, 2.45) is 0 Å². The summed E-state index contributed by atoms with van der Waals surface area (Å²) in [5.41, 5.74) is 2.58. The third-order valence-corrected chi connectivity index (χ3v) is 5.74. The van der Waals surface area contributed by atoms with Crippen LogP contribution in [0, 0.1) is 0 Å². The van der Waals surface area contributed by atoms with Crippen molar-refractivity contribution >= 4 is 34.5 Å². The standard InChI is InChI=1S/C16H17Cl2NS/c1-19-16(12-9-11(17)6-7-13(12)18)15-8-10-4-2-3-5-14(10)20-15/h6-9,16,19H,2-5H2,1H3. The normalized spacial score (nSPS) is 15.9. The first-order valence-corrected chi connectivity index (χ1v) is 8.50. The molecule has 0 fully saturated rings. The molecule has 4 heteroatoms. The molecule has 20 heavy (non-hydrogen) atoms. The van der Waals surface area contributed by atoms with Gasteiger partial charge in [-0.2, -0.15) is 0 Å². The monoisotopic (exact) mass is 325 g/mol. The van der Waals surface area contributed by atoms with Gasteiger partial charge in [-0.05, 0) is 68.1 Å². The molecule has 3 rings (SSSR count). The van der Waals surface area contributed by atoms with E-state index in [-0.39, 0.29) is 6.04 Å². The molecule has 0 saturated carbocycles. The van der Waals surface area contributed by atoms with Crippen LogP contribution in [0.5, 0.6) is 0 Å². The lowest BCUT2D eigenvalue weighted by Crippen LogP contribution is -2.16. The quantitative estimate of drug-likeness (QED) is 0.813. The summed E-state index contributed by atoms with van der Waals surface area (Å²) in [6.07, 6.45) is 5.06. The Labute approximate surface area is 133 Å². The van der Waals surface area contributed by atoms with Crippen LogP contribution < -0.4 is 5.32 Å². The average molecular weight is 326 g/mol. The van der Waals surface area contributed by atoms with Crippen LogP contribution >= 0.6 is 34.5 Å². The summed E-state index contributed by atoms with van der Waals surface area (Å²) < 4.78 is 0. The van der Waals surface area contributed by atoms with Crippen molar-refractivity contribution in [3.05, 3.63) is 55.2 Å². The Morgan fingerprint density at radius 2 is 1.95 bits per heavy atom. The van der Waals surface area contributed by atoms with Gasteiger partial charge in [0.05, 0.1) is 6.04 Å². The zero-order valence-corrected chi connectivity index (χ0v) is 13.7. The van der Waals surface area contributed by atoms with Crippen LogP contribution in [0.25, 0.3) is 0 Å². The summed E-state index contributed by atoms with van der Waals surface area (Å²) in [6, 6.07) is 8.13. The van der Waals surface area contributed by atoms with E-state index in [0.717, 1.165) is 15.6 Å². The number of benzene rings is 1. The van der Waals surface area contributed by atoms with Gasteiger partial charge < -0.3 is 5.32 Å². The van der Waals surface area contributed by atoms with Crippen molar-refractivity contribution < 1.29 is 0 Å². The van der Waals surface area contributed by atoms with Gasteiger partial charge in [0.2, 0.25) is 0 Å². The van der Waals surface area contributed by atoms with E-state index in [2.05, 4.69) is 11.4 Å². The molecule has 0 amide bonds. The number of rotatable bonds is 3. The minimum absolute atomic E-state index is 0.122. The fourth-order valence-electron chi connectivity index (χ4n) is 2.84. The largest absolute Gasteiger partial charge is 0.309 e. The number of hydrogen-bond donors (Lipinski definition) is 1. The highest BCUT2D eigenvalue weighted by Crippen LogP contribution is 2.37. The summed E-state index contributed by atoms with van der Waals surface area (Å²) in [5, 5.41) is 4.87. The Kier molecular flexibility index (Phi) is 4.37. The van der Waals surface area contributed by atoms with Crippen molar-refractivity contribution in [3.8, 4) is 0 Å². The van der Waals surface area contributed by atoms with Crippen LogP contribution in [0.1, 0.15) is 39.8 Å². The molecule has 1 nitrogen and oxygen atoms in total. The molecule has 1 atom stereocenters. The molecule has 1 aliphatic carbocycles. The van der Waals surface area contributed by atoms with E-state index in [1.807, 2.05) is 36.6 Å². The Balaban J connectivity index is 2.01. The van der Waals surface area contributed by atoms with Crippen molar-refractivity contribution in [2.75, 3.05) is 7.05 Å². The zero-order valence-electron chi connectivity index (χ0n) is 11.4. The Morgan fingerprint density at radius 1 is 1.15 bits per heavy atom. The van der Waals surface area contributed by atoms with Crippen LogP contribution in [-0.2, 0) is 12.8 Å². The van der Waals surface area contributed by atoms with Gasteiger partial charge in [0, 0.05) is 19.8 Å². The van der Waals surface area contributed by atoms with Crippen molar-refractivity contribution in [2.45, 2.75) is 31.7 Å². The van der Waals surface area contributed by atoms with Gasteiger partial charge in [0.1, 0.15) is 0 Å². The maximum atomic E-state index is 6.35. The molecule has 2 aromatic rings. The van der Waals surface area contributed by atoms with Crippen molar-refractivity contribution in [1.29, 1.82) is 0 Å². The van der Waals surface area contributed by atoms with Gasteiger partial charge in [-0.25, -0.2) is 0 Å². The van der Waals surface area contributed by atoms with E-state index in [1.54, 1.807) is 4.88 Å². The van der Waals surface area contributed by atoms with Gasteiger partial charge in [0.15, 0.2) is 0 Å². The highest BCUT2D eigenvalue weighted by Gasteiger charge is 2.21. The highest BCUT2D eigenvalue weighted by atomic mass is 35.5. The molecule has 0 saturated heterocycles. The van der Waals surface area contributed by atoms with Gasteiger partial charge in [-0.3, -0.25) is 0 Å². The average Bonchev–Trinajstić information content (AvgIpc) is 2.87. The first-order chi connectivity index (χ1) is 9.69. The number of nitrogens with one attached hydrogen (secondary N) is 1. The second kappa shape index (κ2) is 6.07. The molecule has 1 N–H and O–H groups in total. The van der Waals surface area contributed by atoms with Crippen LogP contribution in [0.4, 0.5) is 0 Å². The van der Waals surface area contributed by atoms with Crippen LogP contribution in [0.15, 0.2) is 24.3 Å². The summed E-state index contributed by atoms with van der Waals surface area (Å²) in [6.45, 7) is 0. The maximum Gasteiger partial charge on any atom is 0.0683 e. The molecule has 1 unspecified atom stereocenters. The molecular weight excluding hydrogens is 309 g/mol. The van der Waals surface area contributed by atoms with E-state index in [0.29, 0.717) is 0 Å². The molecule has 1 heterocycles. The van der Waals surface area contributed by atoms with Gasteiger partial charge in [0.25, 0.3) is 0 Å². The summed E-state index contributed by atoms with van der Waals surface area (Å²) in [7, 11) is 1.97. The predicted octanol–water partition coefficient (Wildman–Crippen LogP) is 5.24. The van der Waals surface area contributed by atoms with Crippen LogP contribution in [-0.4, -0.2) is 7.05 Å². The number of aryl methyl sites for hydroxylation is 2. The molecule has 0 aliphatic heterocycles. The minimum atomic E-state index is 0.122. The molecule has 1 aromatic heterocycles. The van der Waals surface area contributed by atoms with E-state index in [9.17, 15) is 0 Å². The highest BCUT2D eigenvalue weighted by molar-refractivity contribution is 7.12. The van der Waals surface area contributed by atoms with Crippen molar-refractivity contribution in [3.63, 3.8) is 0 Å². The maximum absolute atomic E-state index is 6.35. The Morgan fingerprint density at radius 3 is 2.70 bits per heavy atom. The topological polar surface area (TPSA) is 12.0 Å². The lowest BCUT2D eigenvalue weighted by atomic mass is 9.98. The van der Waals surface area contributed by atoms with E-state index >= 15 is 0 Å². The van der Waals surface area contributed by atoms with Gasteiger partial charge >= 0.3 is 0 Å². The van der Waals surface area contributed by atoms with E-state index < -0.39 is 0 Å². The van der Waals surface area contributed by atoms with Crippen molar-refractivity contribution in [1.82, 2.24) is 5.32 Å². The van der Waals surface area contributed by atoms with Crippen LogP contribution in [0.3, 0.4) is 0 Å². The smallest absolute Gasteiger partial charge is 0.0683 e. The van der Waals surface area contributed by atoms with Gasteiger partial charge in [-0.15, -0.1) is 11.3 Å². The third-order valence-electron chi connectivity index (χ3n) is 3.86. The summed E-state index contributed by atoms with van der Waals surface area (Å²) >= 11 is 14.4. The Hall–Kier alpha value is -0.540. The number of hydrogen-bond acceptors (Lipinski definition) is 2. The zero-order chi connectivity index (χ0) is 14.1. The molecular formula is C16H17Cl2NS. The minimum Gasteiger partial charge on any atom is -0.309 e. The molecule has 106 valence electrons. The fraction of sp³-hybridized carbons (Fsp3) is 0.375. The molecule has 0 radical (unpaired) electrons. The fourth-order valence-corrected chi connectivity index (χ4v) is 4.64. The van der Waals surface area contributed by atoms with Gasteiger partial charge in [-0.1, -0.05) is 23.2 Å². The molecule has 1 aromatic carbocycles. The van der Waals surface area contributed by atoms with Crippen LogP contribution in [0.2, 0.25) is 10.0 Å². The lowest BCUT2D eigenvalue weighted by molar-refractivity contribution is 0.691. The number of halogens is 2. The first-order valence-electron chi connectivity index (χ1n) is 6.92. The Bertz CT molecular complexity index is 597. The lowest BCUT2D eigenvalue weighted by Gasteiger charge is -2.17. The number of thiophene rings is 1. The van der Waals surface area contributed by atoms with E-state index in [1.165, 1.54) is 36.1 Å². The second-order valence-corrected chi connectivity index (χ2v) is 7.20. The number of fused-ring (bicyclic) bond motifs is 1. The summed E-state index contributed by atoms with van der Waals surface area (Å²) in [4.78, 5) is 2.88.